The number of rotatable bonds is 1. The molecular formula is C10H8N3W-. The van der Waals surface area contributed by atoms with E-state index in [2.05, 4.69) is 21.3 Å². The van der Waals surface area contributed by atoms with E-state index in [-0.39, 0.29) is 21.1 Å². The van der Waals surface area contributed by atoms with Crippen molar-refractivity contribution in [1.29, 1.82) is 0 Å². The third kappa shape index (κ3) is 2.45. The summed E-state index contributed by atoms with van der Waals surface area (Å²) in [6.07, 6.45) is 2.57. The minimum atomic E-state index is 0. The molecule has 0 spiro atoms. The standard InChI is InChI=1S/C10H8N3.W/c1-8-11-7-12-10(13-8)9-5-3-2-4-6-9;/h2-6H,1H3;/q-1;. The molecule has 1 heterocycles. The first-order valence-electron chi connectivity index (χ1n) is 4.00. The minimum absolute atomic E-state index is 0. The van der Waals surface area contributed by atoms with E-state index in [4.69, 9.17) is 0 Å². The van der Waals surface area contributed by atoms with Gasteiger partial charge >= 0.3 is 0 Å². The minimum Gasteiger partial charge on any atom is -0.353 e. The van der Waals surface area contributed by atoms with Crippen molar-refractivity contribution in [1.82, 2.24) is 15.0 Å². The average molecular weight is 354 g/mol. The normalized spacial score (nSPS) is 9.21. The van der Waals surface area contributed by atoms with Crippen LogP contribution in [0.4, 0.5) is 0 Å². The van der Waals surface area contributed by atoms with Crippen LogP contribution in [0.2, 0.25) is 0 Å². The van der Waals surface area contributed by atoms with Gasteiger partial charge in [0.15, 0.2) is 0 Å². The molecule has 0 atom stereocenters. The Balaban J connectivity index is 0.000000980. The van der Waals surface area contributed by atoms with Gasteiger partial charge in [0.05, 0.1) is 0 Å². The van der Waals surface area contributed by atoms with E-state index in [1.807, 2.05) is 37.3 Å². The van der Waals surface area contributed by atoms with Gasteiger partial charge in [-0.05, 0) is 5.56 Å². The summed E-state index contributed by atoms with van der Waals surface area (Å²) in [5.74, 6) is 1.36. The SMILES string of the molecule is Cc1n[c-]nc(-c2ccccc2)n1.[W]. The molecule has 0 bridgehead atoms. The van der Waals surface area contributed by atoms with Crippen LogP contribution in [0.25, 0.3) is 11.4 Å². The zero-order valence-corrected chi connectivity index (χ0v) is 10.6. The molecule has 0 aliphatic carbocycles. The van der Waals surface area contributed by atoms with Crippen LogP contribution in [0.15, 0.2) is 30.3 Å². The Morgan fingerprint density at radius 2 is 1.79 bits per heavy atom. The molecule has 0 unspecified atom stereocenters. The van der Waals surface area contributed by atoms with Crippen molar-refractivity contribution in [3.05, 3.63) is 42.5 Å². The van der Waals surface area contributed by atoms with E-state index in [9.17, 15) is 0 Å². The molecule has 1 aromatic carbocycles. The Hall–Kier alpha value is -1.08. The fraction of sp³-hybridized carbons (Fsp3) is 0.100. The van der Waals surface area contributed by atoms with Crippen molar-refractivity contribution in [3.8, 4) is 11.4 Å². The molecule has 0 amide bonds. The van der Waals surface area contributed by atoms with E-state index in [0.29, 0.717) is 11.6 Å². The average Bonchev–Trinajstić information content (AvgIpc) is 2.19. The molecule has 0 aliphatic rings. The number of hydrogen-bond acceptors (Lipinski definition) is 3. The largest absolute Gasteiger partial charge is 0.353 e. The molecule has 70 valence electrons. The van der Waals surface area contributed by atoms with Crippen molar-refractivity contribution < 1.29 is 21.1 Å². The zero-order chi connectivity index (χ0) is 9.10. The summed E-state index contributed by atoms with van der Waals surface area (Å²) < 4.78 is 0. The quantitative estimate of drug-likeness (QED) is 0.732. The second-order valence-corrected chi connectivity index (χ2v) is 2.67. The van der Waals surface area contributed by atoms with Gasteiger partial charge in [-0.1, -0.05) is 37.3 Å². The van der Waals surface area contributed by atoms with Crippen LogP contribution in [0.3, 0.4) is 0 Å². The first-order chi connectivity index (χ1) is 6.36. The van der Waals surface area contributed by atoms with Crippen molar-refractivity contribution in [2.75, 3.05) is 0 Å². The monoisotopic (exact) mass is 354 g/mol. The van der Waals surface area contributed by atoms with Crippen LogP contribution in [0, 0.1) is 13.3 Å². The summed E-state index contributed by atoms with van der Waals surface area (Å²) in [6, 6.07) is 9.79. The third-order valence-electron chi connectivity index (χ3n) is 1.67. The van der Waals surface area contributed by atoms with E-state index in [0.717, 1.165) is 5.56 Å². The topological polar surface area (TPSA) is 38.7 Å². The van der Waals surface area contributed by atoms with Crippen LogP contribution < -0.4 is 0 Å². The van der Waals surface area contributed by atoms with E-state index >= 15 is 0 Å². The number of benzene rings is 1. The van der Waals surface area contributed by atoms with Crippen molar-refractivity contribution in [2.45, 2.75) is 6.92 Å². The summed E-state index contributed by atoms with van der Waals surface area (Å²) in [7, 11) is 0. The van der Waals surface area contributed by atoms with Crippen LogP contribution >= 0.6 is 0 Å². The fourth-order valence-electron chi connectivity index (χ4n) is 1.06. The van der Waals surface area contributed by atoms with Crippen molar-refractivity contribution in [2.24, 2.45) is 0 Å². The van der Waals surface area contributed by atoms with Crippen molar-refractivity contribution >= 4 is 0 Å². The molecule has 0 N–H and O–H groups in total. The molecule has 0 saturated carbocycles. The van der Waals surface area contributed by atoms with Crippen LogP contribution in [0.5, 0.6) is 0 Å². The summed E-state index contributed by atoms with van der Waals surface area (Å²) in [5, 5.41) is 0. The predicted octanol–water partition coefficient (Wildman–Crippen LogP) is 1.64. The Bertz CT molecular complexity index is 403. The van der Waals surface area contributed by atoms with Crippen molar-refractivity contribution in [3.63, 3.8) is 0 Å². The van der Waals surface area contributed by atoms with Gasteiger partial charge in [0, 0.05) is 39.0 Å². The molecule has 0 aliphatic heterocycles. The summed E-state index contributed by atoms with van der Waals surface area (Å²) in [6.45, 7) is 1.82. The summed E-state index contributed by atoms with van der Waals surface area (Å²) >= 11 is 0. The van der Waals surface area contributed by atoms with E-state index in [1.165, 1.54) is 0 Å². The molecular weight excluding hydrogens is 346 g/mol. The number of hydrogen-bond donors (Lipinski definition) is 0. The van der Waals surface area contributed by atoms with Gasteiger partial charge in [-0.2, -0.15) is 0 Å². The van der Waals surface area contributed by atoms with Crippen LogP contribution in [0.1, 0.15) is 5.82 Å². The van der Waals surface area contributed by atoms with Gasteiger partial charge in [-0.25, -0.2) is 0 Å². The first kappa shape index (κ1) is 11.0. The van der Waals surface area contributed by atoms with Crippen LogP contribution in [-0.4, -0.2) is 15.0 Å². The molecule has 2 aromatic rings. The number of aromatic nitrogens is 3. The molecule has 14 heavy (non-hydrogen) atoms. The number of nitrogens with zero attached hydrogens (tertiary/aromatic N) is 3. The molecule has 0 fully saturated rings. The van der Waals surface area contributed by atoms with Gasteiger partial charge < -0.3 is 15.0 Å². The second kappa shape index (κ2) is 4.96. The molecule has 4 heteroatoms. The smallest absolute Gasteiger partial charge is 0.0471 e. The first-order valence-corrected chi connectivity index (χ1v) is 4.00. The fourth-order valence-corrected chi connectivity index (χ4v) is 1.06. The summed E-state index contributed by atoms with van der Waals surface area (Å²) in [5.41, 5.74) is 0.990. The van der Waals surface area contributed by atoms with Gasteiger partial charge in [-0.15, -0.1) is 0 Å². The van der Waals surface area contributed by atoms with Gasteiger partial charge in [-0.3, -0.25) is 0 Å². The maximum atomic E-state index is 4.19. The Morgan fingerprint density at radius 1 is 1.07 bits per heavy atom. The van der Waals surface area contributed by atoms with E-state index < -0.39 is 0 Å². The van der Waals surface area contributed by atoms with Gasteiger partial charge in [0.25, 0.3) is 0 Å². The summed E-state index contributed by atoms with van der Waals surface area (Å²) in [4.78, 5) is 12.0. The Kier molecular flexibility index (Phi) is 3.90. The third-order valence-corrected chi connectivity index (χ3v) is 1.67. The Labute approximate surface area is 96.9 Å². The zero-order valence-electron chi connectivity index (χ0n) is 7.64. The second-order valence-electron chi connectivity index (χ2n) is 2.67. The molecule has 2 rings (SSSR count). The van der Waals surface area contributed by atoms with Gasteiger partial charge in [0.2, 0.25) is 0 Å². The maximum absolute atomic E-state index is 4.19. The van der Waals surface area contributed by atoms with Gasteiger partial charge in [0.1, 0.15) is 0 Å². The predicted molar refractivity (Wildman–Crippen MR) is 48.8 cm³/mol. The molecule has 3 nitrogen and oxygen atoms in total. The van der Waals surface area contributed by atoms with Crippen LogP contribution in [-0.2, 0) is 21.1 Å². The maximum Gasteiger partial charge on any atom is 0.0471 e. The molecule has 0 saturated heterocycles. The Morgan fingerprint density at radius 3 is 2.43 bits per heavy atom. The number of aryl methyl sites for hydroxylation is 1. The van der Waals surface area contributed by atoms with E-state index in [1.54, 1.807) is 0 Å². The molecule has 1 aromatic heterocycles. The molecule has 0 radical (unpaired) electrons.